The van der Waals surface area contributed by atoms with Crippen molar-refractivity contribution in [2.24, 2.45) is 0 Å². The Balaban J connectivity index is 2.75. The molecule has 2 rings (SSSR count). The molecule has 1 heterocycles. The Bertz CT molecular complexity index is 783. The van der Waals surface area contributed by atoms with Gasteiger partial charge in [-0.3, -0.25) is 9.78 Å². The maximum absolute atomic E-state index is 13.6. The smallest absolute Gasteiger partial charge is 0.362 e. The predicted octanol–water partition coefficient (Wildman–Crippen LogP) is 0.411. The number of aromatic nitrogens is 3. The van der Waals surface area contributed by atoms with Crippen LogP contribution in [0.1, 0.15) is 10.5 Å². The highest BCUT2D eigenvalue weighted by Crippen LogP contribution is 2.16. The van der Waals surface area contributed by atoms with Gasteiger partial charge in [-0.15, -0.1) is 0 Å². The van der Waals surface area contributed by atoms with E-state index in [-0.39, 0.29) is 10.7 Å². The van der Waals surface area contributed by atoms with E-state index >= 15 is 0 Å². The Morgan fingerprint density at radius 1 is 1.42 bits per heavy atom. The Labute approximate surface area is 108 Å². The summed E-state index contributed by atoms with van der Waals surface area (Å²) < 4.78 is 14.1. The van der Waals surface area contributed by atoms with Crippen LogP contribution >= 0.6 is 11.6 Å². The summed E-state index contributed by atoms with van der Waals surface area (Å²) in [5, 5.41) is 12.1. The quantitative estimate of drug-likeness (QED) is 0.831. The SMILES string of the molecule is O=C(O)c1nn(-c2ccc(Cl)cc2F)c(=O)[nH]c1=O. The van der Waals surface area contributed by atoms with Crippen LogP contribution in [0.15, 0.2) is 27.8 Å². The standard InChI is InChI=1S/C10H5ClFN3O4/c11-4-1-2-6(5(12)3-4)15-10(19)13-8(16)7(14-15)9(17)18/h1-3H,(H,17,18)(H,13,16,19). The van der Waals surface area contributed by atoms with Gasteiger partial charge >= 0.3 is 11.7 Å². The summed E-state index contributed by atoms with van der Waals surface area (Å²) in [6.45, 7) is 0. The van der Waals surface area contributed by atoms with Crippen molar-refractivity contribution in [2.75, 3.05) is 0 Å². The molecule has 2 N–H and O–H groups in total. The van der Waals surface area contributed by atoms with Crippen molar-refractivity contribution in [3.8, 4) is 5.69 Å². The van der Waals surface area contributed by atoms with Crippen molar-refractivity contribution in [3.05, 3.63) is 55.6 Å². The Hall–Kier alpha value is -2.48. The third-order valence-corrected chi connectivity index (χ3v) is 2.40. The zero-order valence-corrected chi connectivity index (χ0v) is 9.81. The summed E-state index contributed by atoms with van der Waals surface area (Å²) in [6, 6.07) is 3.35. The topological polar surface area (TPSA) is 105 Å². The van der Waals surface area contributed by atoms with E-state index in [1.807, 2.05) is 0 Å². The highest BCUT2D eigenvalue weighted by molar-refractivity contribution is 6.30. The van der Waals surface area contributed by atoms with Crippen LogP contribution in [0.4, 0.5) is 4.39 Å². The van der Waals surface area contributed by atoms with Gasteiger partial charge in [-0.25, -0.2) is 14.0 Å². The fourth-order valence-corrected chi connectivity index (χ4v) is 1.52. The molecule has 0 aliphatic carbocycles. The minimum atomic E-state index is -1.63. The molecule has 0 aliphatic rings. The molecule has 0 fully saturated rings. The number of nitrogens with one attached hydrogen (secondary N) is 1. The lowest BCUT2D eigenvalue weighted by Gasteiger charge is -2.05. The zero-order chi connectivity index (χ0) is 14.2. The van der Waals surface area contributed by atoms with Gasteiger partial charge in [0.15, 0.2) is 5.82 Å². The molecule has 1 aromatic heterocycles. The van der Waals surface area contributed by atoms with Gasteiger partial charge in [0.1, 0.15) is 5.69 Å². The first-order valence-corrected chi connectivity index (χ1v) is 5.20. The summed E-state index contributed by atoms with van der Waals surface area (Å²) in [6.07, 6.45) is 0. The van der Waals surface area contributed by atoms with Crippen molar-refractivity contribution in [1.82, 2.24) is 14.8 Å². The predicted molar refractivity (Wildman–Crippen MR) is 62.4 cm³/mol. The van der Waals surface area contributed by atoms with Gasteiger partial charge in [0.2, 0.25) is 5.69 Å². The second-order valence-electron chi connectivity index (χ2n) is 3.42. The van der Waals surface area contributed by atoms with Gasteiger partial charge in [-0.05, 0) is 18.2 Å². The highest BCUT2D eigenvalue weighted by Gasteiger charge is 2.16. The molecule has 0 radical (unpaired) electrons. The molecule has 19 heavy (non-hydrogen) atoms. The molecule has 2 aromatic rings. The lowest BCUT2D eigenvalue weighted by molar-refractivity contribution is 0.0685. The van der Waals surface area contributed by atoms with Crippen molar-refractivity contribution in [1.29, 1.82) is 0 Å². The van der Waals surface area contributed by atoms with E-state index in [1.165, 1.54) is 6.07 Å². The van der Waals surface area contributed by atoms with Crippen LogP contribution in [0.3, 0.4) is 0 Å². The Kier molecular flexibility index (Phi) is 3.17. The Morgan fingerprint density at radius 2 is 2.11 bits per heavy atom. The molecule has 98 valence electrons. The molecule has 0 spiro atoms. The maximum Gasteiger partial charge on any atom is 0.362 e. The van der Waals surface area contributed by atoms with Crippen LogP contribution < -0.4 is 11.2 Å². The van der Waals surface area contributed by atoms with Gasteiger partial charge in [-0.1, -0.05) is 11.6 Å². The second kappa shape index (κ2) is 4.65. The van der Waals surface area contributed by atoms with Gasteiger partial charge in [-0.2, -0.15) is 9.78 Å². The van der Waals surface area contributed by atoms with Gasteiger partial charge in [0, 0.05) is 5.02 Å². The summed E-state index contributed by atoms with van der Waals surface area (Å²) in [5.74, 6) is -2.52. The molecule has 0 saturated carbocycles. The van der Waals surface area contributed by atoms with Crippen LogP contribution in [0.25, 0.3) is 5.69 Å². The first kappa shape index (κ1) is 13.0. The molecular weight excluding hydrogens is 281 g/mol. The minimum absolute atomic E-state index is 0.0946. The summed E-state index contributed by atoms with van der Waals surface area (Å²) in [5.41, 5.74) is -3.47. The monoisotopic (exact) mass is 285 g/mol. The highest BCUT2D eigenvalue weighted by atomic mass is 35.5. The minimum Gasteiger partial charge on any atom is -0.476 e. The summed E-state index contributed by atoms with van der Waals surface area (Å²) in [4.78, 5) is 35.2. The van der Waals surface area contributed by atoms with Crippen molar-refractivity contribution in [2.45, 2.75) is 0 Å². The number of carboxylic acid groups (broad SMARTS) is 1. The first-order valence-electron chi connectivity index (χ1n) is 4.82. The fourth-order valence-electron chi connectivity index (χ4n) is 1.36. The van der Waals surface area contributed by atoms with E-state index < -0.39 is 28.7 Å². The van der Waals surface area contributed by atoms with Gasteiger partial charge in [0.05, 0.1) is 0 Å². The average Bonchev–Trinajstić information content (AvgIpc) is 2.30. The molecule has 0 amide bonds. The number of rotatable bonds is 2. The molecular formula is C10H5ClFN3O4. The third-order valence-electron chi connectivity index (χ3n) is 2.17. The molecule has 0 saturated heterocycles. The molecule has 0 unspecified atom stereocenters. The van der Waals surface area contributed by atoms with E-state index in [9.17, 15) is 18.8 Å². The van der Waals surface area contributed by atoms with Crippen molar-refractivity contribution >= 4 is 17.6 Å². The molecule has 0 bridgehead atoms. The average molecular weight is 286 g/mol. The van der Waals surface area contributed by atoms with E-state index in [0.717, 1.165) is 12.1 Å². The van der Waals surface area contributed by atoms with Crippen LogP contribution in [0.2, 0.25) is 5.02 Å². The number of halogens is 2. The normalized spacial score (nSPS) is 10.4. The lowest BCUT2D eigenvalue weighted by Crippen LogP contribution is -2.36. The number of carboxylic acids is 1. The number of aromatic amines is 1. The van der Waals surface area contributed by atoms with Crippen LogP contribution in [0, 0.1) is 5.82 Å². The summed E-state index contributed by atoms with van der Waals surface area (Å²) >= 11 is 5.55. The Morgan fingerprint density at radius 3 is 2.68 bits per heavy atom. The van der Waals surface area contributed by atoms with Crippen molar-refractivity contribution in [3.63, 3.8) is 0 Å². The number of aromatic carboxylic acids is 1. The second-order valence-corrected chi connectivity index (χ2v) is 3.86. The van der Waals surface area contributed by atoms with Crippen molar-refractivity contribution < 1.29 is 14.3 Å². The van der Waals surface area contributed by atoms with E-state index in [4.69, 9.17) is 16.7 Å². The number of nitrogens with zero attached hydrogens (tertiary/aromatic N) is 2. The van der Waals surface area contributed by atoms with E-state index in [1.54, 1.807) is 4.98 Å². The zero-order valence-electron chi connectivity index (χ0n) is 9.05. The number of hydrogen-bond acceptors (Lipinski definition) is 4. The van der Waals surface area contributed by atoms with Crippen LogP contribution in [-0.4, -0.2) is 25.8 Å². The van der Waals surface area contributed by atoms with Crippen LogP contribution in [-0.2, 0) is 0 Å². The number of carbonyl (C=O) groups is 1. The third kappa shape index (κ3) is 2.38. The van der Waals surface area contributed by atoms with Gasteiger partial charge in [0.25, 0.3) is 5.56 Å². The summed E-state index contributed by atoms with van der Waals surface area (Å²) in [7, 11) is 0. The van der Waals surface area contributed by atoms with Crippen LogP contribution in [0.5, 0.6) is 0 Å². The molecule has 0 atom stereocenters. The van der Waals surface area contributed by atoms with E-state index in [2.05, 4.69) is 5.10 Å². The lowest BCUT2D eigenvalue weighted by atomic mass is 10.3. The first-order chi connectivity index (χ1) is 8.90. The number of benzene rings is 1. The van der Waals surface area contributed by atoms with Gasteiger partial charge < -0.3 is 5.11 Å². The maximum atomic E-state index is 13.6. The largest absolute Gasteiger partial charge is 0.476 e. The molecule has 7 nitrogen and oxygen atoms in total. The molecule has 9 heteroatoms. The van der Waals surface area contributed by atoms with E-state index in [0.29, 0.717) is 4.68 Å². The fraction of sp³-hybridized carbons (Fsp3) is 0. The number of hydrogen-bond donors (Lipinski definition) is 2. The molecule has 0 aliphatic heterocycles. The number of H-pyrrole nitrogens is 1. The molecule has 1 aromatic carbocycles.